The third-order valence-electron chi connectivity index (χ3n) is 4.76. The molecular formula is C16H18O6. The molecule has 6 nitrogen and oxygen atoms in total. The minimum absolute atomic E-state index is 0.00790. The molecule has 5 atom stereocenters. The normalized spacial score (nSPS) is 34.2. The predicted octanol–water partition coefficient (Wildman–Crippen LogP) is 1.16. The van der Waals surface area contributed by atoms with Crippen LogP contribution in [0.25, 0.3) is 0 Å². The Labute approximate surface area is 128 Å². The van der Waals surface area contributed by atoms with Crippen molar-refractivity contribution in [1.82, 2.24) is 0 Å². The first-order chi connectivity index (χ1) is 10.5. The number of fused-ring (bicyclic) bond motifs is 1. The standard InChI is InChI=1S/C16H18O6/c1-3-12(17)20-5-4-8(2)15(18)21-13-9-6-10-11(7-9)16(19)22-14(10)13/h3,9-11,13-14H,1-2,4-7H2. The fourth-order valence-corrected chi connectivity index (χ4v) is 3.71. The lowest BCUT2D eigenvalue weighted by Gasteiger charge is -2.25. The van der Waals surface area contributed by atoms with Gasteiger partial charge < -0.3 is 14.2 Å². The molecule has 3 rings (SSSR count). The summed E-state index contributed by atoms with van der Waals surface area (Å²) in [4.78, 5) is 34.6. The molecule has 2 saturated carbocycles. The van der Waals surface area contributed by atoms with E-state index in [0.717, 1.165) is 18.9 Å². The third kappa shape index (κ3) is 2.42. The van der Waals surface area contributed by atoms with Crippen LogP contribution in [-0.2, 0) is 28.6 Å². The summed E-state index contributed by atoms with van der Waals surface area (Å²) < 4.78 is 15.6. The van der Waals surface area contributed by atoms with Crippen molar-refractivity contribution in [2.45, 2.75) is 31.5 Å². The highest BCUT2D eigenvalue weighted by molar-refractivity contribution is 5.88. The van der Waals surface area contributed by atoms with Gasteiger partial charge in [-0.1, -0.05) is 13.2 Å². The Morgan fingerprint density at radius 3 is 2.86 bits per heavy atom. The van der Waals surface area contributed by atoms with Gasteiger partial charge in [-0.15, -0.1) is 0 Å². The second-order valence-electron chi connectivity index (χ2n) is 6.00. The van der Waals surface area contributed by atoms with Gasteiger partial charge in [0.15, 0.2) is 0 Å². The maximum atomic E-state index is 12.1. The predicted molar refractivity (Wildman–Crippen MR) is 74.4 cm³/mol. The highest BCUT2D eigenvalue weighted by Crippen LogP contribution is 2.55. The number of rotatable bonds is 6. The molecule has 5 unspecified atom stereocenters. The summed E-state index contributed by atoms with van der Waals surface area (Å²) in [5.74, 6) is -0.846. The maximum absolute atomic E-state index is 12.1. The van der Waals surface area contributed by atoms with E-state index in [1.807, 2.05) is 0 Å². The van der Waals surface area contributed by atoms with Crippen LogP contribution in [0.3, 0.4) is 0 Å². The van der Waals surface area contributed by atoms with Crippen LogP contribution in [0.2, 0.25) is 0 Å². The van der Waals surface area contributed by atoms with Gasteiger partial charge in [0.1, 0.15) is 12.2 Å². The van der Waals surface area contributed by atoms with E-state index in [1.54, 1.807) is 0 Å². The Balaban J connectivity index is 1.50. The summed E-state index contributed by atoms with van der Waals surface area (Å²) in [6, 6.07) is 0. The lowest BCUT2D eigenvalue weighted by molar-refractivity contribution is -0.158. The minimum atomic E-state index is -0.543. The average molecular weight is 306 g/mol. The second kappa shape index (κ2) is 5.59. The van der Waals surface area contributed by atoms with Crippen LogP contribution >= 0.6 is 0 Å². The summed E-state index contributed by atoms with van der Waals surface area (Å²) >= 11 is 0. The lowest BCUT2D eigenvalue weighted by Crippen LogP contribution is -2.36. The van der Waals surface area contributed by atoms with Gasteiger partial charge in [-0.05, 0) is 12.8 Å². The van der Waals surface area contributed by atoms with E-state index in [1.165, 1.54) is 0 Å². The first kappa shape index (κ1) is 14.8. The van der Waals surface area contributed by atoms with Crippen LogP contribution in [0.4, 0.5) is 0 Å². The molecule has 2 aliphatic carbocycles. The van der Waals surface area contributed by atoms with Crippen LogP contribution in [0.1, 0.15) is 19.3 Å². The molecule has 1 aliphatic heterocycles. The van der Waals surface area contributed by atoms with E-state index in [-0.39, 0.29) is 54.5 Å². The van der Waals surface area contributed by atoms with Crippen molar-refractivity contribution in [3.8, 4) is 0 Å². The number of carbonyl (C=O) groups excluding carboxylic acids is 3. The molecule has 0 N–H and O–H groups in total. The molecule has 6 heteroatoms. The number of hydrogen-bond acceptors (Lipinski definition) is 6. The summed E-state index contributed by atoms with van der Waals surface area (Å²) in [6.07, 6.45) is 2.21. The molecule has 3 fully saturated rings. The van der Waals surface area contributed by atoms with Crippen LogP contribution in [0.15, 0.2) is 24.8 Å². The van der Waals surface area contributed by atoms with Crippen molar-refractivity contribution in [1.29, 1.82) is 0 Å². The van der Waals surface area contributed by atoms with Gasteiger partial charge in [0.05, 0.1) is 12.5 Å². The van der Waals surface area contributed by atoms with Gasteiger partial charge in [-0.2, -0.15) is 0 Å². The van der Waals surface area contributed by atoms with Gasteiger partial charge in [-0.25, -0.2) is 9.59 Å². The fourth-order valence-electron chi connectivity index (χ4n) is 3.71. The van der Waals surface area contributed by atoms with Crippen molar-refractivity contribution in [3.05, 3.63) is 24.8 Å². The van der Waals surface area contributed by atoms with Gasteiger partial charge in [0.2, 0.25) is 0 Å². The first-order valence-corrected chi connectivity index (χ1v) is 7.39. The van der Waals surface area contributed by atoms with Crippen molar-refractivity contribution >= 4 is 17.9 Å². The highest BCUT2D eigenvalue weighted by atomic mass is 16.6. The maximum Gasteiger partial charge on any atom is 0.333 e. The molecule has 3 aliphatic rings. The molecule has 0 radical (unpaired) electrons. The van der Waals surface area contributed by atoms with Crippen molar-refractivity contribution in [2.75, 3.05) is 6.61 Å². The van der Waals surface area contributed by atoms with Crippen LogP contribution in [0.5, 0.6) is 0 Å². The molecule has 0 aromatic carbocycles. The third-order valence-corrected chi connectivity index (χ3v) is 4.76. The van der Waals surface area contributed by atoms with Gasteiger partial charge >= 0.3 is 17.9 Å². The zero-order chi connectivity index (χ0) is 15.9. The molecule has 118 valence electrons. The van der Waals surface area contributed by atoms with E-state index in [9.17, 15) is 14.4 Å². The molecule has 0 amide bonds. The zero-order valence-electron chi connectivity index (χ0n) is 12.2. The summed E-state index contributed by atoms with van der Waals surface area (Å²) in [5.41, 5.74) is 0.237. The lowest BCUT2D eigenvalue weighted by atomic mass is 9.88. The Bertz CT molecular complexity index is 551. The summed E-state index contributed by atoms with van der Waals surface area (Å²) in [6.45, 7) is 6.99. The molecule has 0 aromatic rings. The SMILES string of the molecule is C=CC(=O)OCCC(=C)C(=O)OC1C2CC3C(=O)OC1C3C2. The van der Waals surface area contributed by atoms with E-state index >= 15 is 0 Å². The highest BCUT2D eigenvalue weighted by Gasteiger charge is 2.63. The van der Waals surface area contributed by atoms with Gasteiger partial charge in [-0.3, -0.25) is 4.79 Å². The first-order valence-electron chi connectivity index (χ1n) is 7.39. The second-order valence-corrected chi connectivity index (χ2v) is 6.00. The number of hydrogen-bond donors (Lipinski definition) is 0. The topological polar surface area (TPSA) is 78.9 Å². The summed E-state index contributed by atoms with van der Waals surface area (Å²) in [7, 11) is 0. The van der Waals surface area contributed by atoms with Crippen molar-refractivity contribution < 1.29 is 28.6 Å². The molecule has 0 spiro atoms. The van der Waals surface area contributed by atoms with E-state index in [4.69, 9.17) is 14.2 Å². The number of esters is 3. The largest absolute Gasteiger partial charge is 0.462 e. The van der Waals surface area contributed by atoms with E-state index < -0.39 is 11.9 Å². The Hall–Kier alpha value is -2.11. The van der Waals surface area contributed by atoms with Crippen molar-refractivity contribution in [3.63, 3.8) is 0 Å². The van der Waals surface area contributed by atoms with Crippen LogP contribution < -0.4 is 0 Å². The fraction of sp³-hybridized carbons (Fsp3) is 0.562. The molecule has 1 heterocycles. The number of ether oxygens (including phenoxy) is 3. The van der Waals surface area contributed by atoms with Crippen LogP contribution in [-0.4, -0.2) is 36.7 Å². The number of carbonyl (C=O) groups is 3. The smallest absolute Gasteiger partial charge is 0.333 e. The molecular weight excluding hydrogens is 288 g/mol. The quantitative estimate of drug-likeness (QED) is 0.416. The summed E-state index contributed by atoms with van der Waals surface area (Å²) in [5, 5.41) is 0. The average Bonchev–Trinajstić information content (AvgIpc) is 3.11. The molecule has 22 heavy (non-hydrogen) atoms. The molecule has 2 bridgehead atoms. The van der Waals surface area contributed by atoms with Crippen molar-refractivity contribution in [2.24, 2.45) is 17.8 Å². The minimum Gasteiger partial charge on any atom is -0.462 e. The zero-order valence-corrected chi connectivity index (χ0v) is 12.2. The Morgan fingerprint density at radius 1 is 1.36 bits per heavy atom. The van der Waals surface area contributed by atoms with Gasteiger partial charge in [0, 0.05) is 29.9 Å². The monoisotopic (exact) mass is 306 g/mol. The Kier molecular flexibility index (Phi) is 3.76. The van der Waals surface area contributed by atoms with Crippen LogP contribution in [0, 0.1) is 17.8 Å². The van der Waals surface area contributed by atoms with E-state index in [2.05, 4.69) is 13.2 Å². The van der Waals surface area contributed by atoms with E-state index in [0.29, 0.717) is 0 Å². The molecule has 0 aromatic heterocycles. The van der Waals surface area contributed by atoms with Gasteiger partial charge in [0.25, 0.3) is 0 Å². The Morgan fingerprint density at radius 2 is 2.14 bits per heavy atom. The molecule has 1 saturated heterocycles.